The number of fused-ring (bicyclic) bond motifs is 1. The van der Waals surface area contributed by atoms with Crippen molar-refractivity contribution in [3.05, 3.63) is 40.7 Å². The first kappa shape index (κ1) is 13.6. The van der Waals surface area contributed by atoms with E-state index in [-0.39, 0.29) is 12.3 Å². The van der Waals surface area contributed by atoms with Crippen molar-refractivity contribution >= 4 is 28.2 Å². The maximum absolute atomic E-state index is 8.79. The van der Waals surface area contributed by atoms with Crippen LogP contribution in [0.5, 0.6) is 0 Å². The van der Waals surface area contributed by atoms with Crippen molar-refractivity contribution in [2.45, 2.75) is 20.3 Å². The number of imidazole rings is 1. The monoisotopic (exact) mass is 301 g/mol. The largest absolute Gasteiger partial charge is 0.409 e. The van der Waals surface area contributed by atoms with Gasteiger partial charge in [0.05, 0.1) is 23.1 Å². The van der Waals surface area contributed by atoms with E-state index in [1.54, 1.807) is 11.3 Å². The Morgan fingerprint density at radius 1 is 1.33 bits per heavy atom. The van der Waals surface area contributed by atoms with Gasteiger partial charge in [-0.25, -0.2) is 9.97 Å². The summed E-state index contributed by atoms with van der Waals surface area (Å²) in [7, 11) is 0. The molecule has 0 saturated heterocycles. The lowest BCUT2D eigenvalue weighted by atomic mass is 10.3. The lowest BCUT2D eigenvalue weighted by Gasteiger charge is -2.04. The summed E-state index contributed by atoms with van der Waals surface area (Å²) in [6, 6.07) is 7.82. The third-order valence-corrected chi connectivity index (χ3v) is 4.36. The zero-order valence-corrected chi connectivity index (χ0v) is 12.6. The first-order valence-electron chi connectivity index (χ1n) is 6.47. The van der Waals surface area contributed by atoms with E-state index in [1.165, 1.54) is 0 Å². The van der Waals surface area contributed by atoms with Crippen LogP contribution in [0.2, 0.25) is 0 Å². The number of benzene rings is 1. The van der Waals surface area contributed by atoms with E-state index < -0.39 is 0 Å². The van der Waals surface area contributed by atoms with Gasteiger partial charge in [0.1, 0.15) is 11.7 Å². The van der Waals surface area contributed by atoms with E-state index in [4.69, 9.17) is 10.9 Å². The second kappa shape index (κ2) is 5.17. The molecule has 0 atom stereocenters. The van der Waals surface area contributed by atoms with Crippen LogP contribution in [0, 0.1) is 13.8 Å². The van der Waals surface area contributed by atoms with Gasteiger partial charge in [0.15, 0.2) is 5.13 Å². The molecule has 0 bridgehead atoms. The van der Waals surface area contributed by atoms with Gasteiger partial charge < -0.3 is 10.9 Å². The SMILES string of the molecule is Cc1nc(-n2c(CC(N)=NO)nc3ccccc32)sc1C. The Hall–Kier alpha value is -2.41. The van der Waals surface area contributed by atoms with Crippen molar-refractivity contribution < 1.29 is 5.21 Å². The van der Waals surface area contributed by atoms with Crippen molar-refractivity contribution in [1.82, 2.24) is 14.5 Å². The lowest BCUT2D eigenvalue weighted by Crippen LogP contribution is -2.17. The van der Waals surface area contributed by atoms with Crippen LogP contribution in [0.3, 0.4) is 0 Å². The number of amidine groups is 1. The number of aromatic nitrogens is 3. The van der Waals surface area contributed by atoms with Gasteiger partial charge in [-0.15, -0.1) is 11.3 Å². The molecule has 3 N–H and O–H groups in total. The average Bonchev–Trinajstić information content (AvgIpc) is 2.98. The molecule has 0 aliphatic rings. The van der Waals surface area contributed by atoms with Gasteiger partial charge in [-0.05, 0) is 26.0 Å². The van der Waals surface area contributed by atoms with Crippen LogP contribution in [0.4, 0.5) is 0 Å². The number of aryl methyl sites for hydroxylation is 2. The predicted molar refractivity (Wildman–Crippen MR) is 83.3 cm³/mol. The Morgan fingerprint density at radius 2 is 2.10 bits per heavy atom. The summed E-state index contributed by atoms with van der Waals surface area (Å²) in [6.07, 6.45) is 0.267. The molecule has 0 unspecified atom stereocenters. The summed E-state index contributed by atoms with van der Waals surface area (Å²) in [6.45, 7) is 4.02. The van der Waals surface area contributed by atoms with E-state index in [1.807, 2.05) is 42.7 Å². The summed E-state index contributed by atoms with van der Waals surface area (Å²) in [5.74, 6) is 0.830. The molecule has 0 aliphatic heterocycles. The highest BCUT2D eigenvalue weighted by Crippen LogP contribution is 2.26. The minimum atomic E-state index is 0.122. The van der Waals surface area contributed by atoms with Gasteiger partial charge in [-0.1, -0.05) is 17.3 Å². The van der Waals surface area contributed by atoms with E-state index in [0.717, 1.165) is 26.7 Å². The average molecular weight is 301 g/mol. The maximum atomic E-state index is 8.79. The number of hydrogen-bond acceptors (Lipinski definition) is 5. The number of hydrogen-bond donors (Lipinski definition) is 2. The van der Waals surface area contributed by atoms with E-state index >= 15 is 0 Å². The molecule has 2 aromatic heterocycles. The Morgan fingerprint density at radius 3 is 2.76 bits per heavy atom. The van der Waals surface area contributed by atoms with Gasteiger partial charge >= 0.3 is 0 Å². The second-order valence-corrected chi connectivity index (χ2v) is 5.94. The van der Waals surface area contributed by atoms with E-state index in [2.05, 4.69) is 15.1 Å². The van der Waals surface area contributed by atoms with Gasteiger partial charge in [0.25, 0.3) is 0 Å². The Balaban J connectivity index is 2.24. The highest BCUT2D eigenvalue weighted by molar-refractivity contribution is 7.14. The van der Waals surface area contributed by atoms with Crippen LogP contribution in [0.15, 0.2) is 29.4 Å². The molecule has 1 aromatic carbocycles. The first-order valence-corrected chi connectivity index (χ1v) is 7.29. The summed E-state index contributed by atoms with van der Waals surface area (Å²) in [4.78, 5) is 10.3. The van der Waals surface area contributed by atoms with Gasteiger partial charge in [0.2, 0.25) is 0 Å². The van der Waals surface area contributed by atoms with E-state index in [0.29, 0.717) is 5.82 Å². The van der Waals surface area contributed by atoms with E-state index in [9.17, 15) is 0 Å². The van der Waals surface area contributed by atoms with Crippen molar-refractivity contribution in [3.8, 4) is 5.13 Å². The Kier molecular flexibility index (Phi) is 3.34. The normalized spacial score (nSPS) is 12.2. The second-order valence-electron chi connectivity index (χ2n) is 4.76. The molecule has 3 aromatic rings. The van der Waals surface area contributed by atoms with Gasteiger partial charge in [-0.2, -0.15) is 0 Å². The first-order chi connectivity index (χ1) is 10.1. The summed E-state index contributed by atoms with van der Waals surface area (Å²) >= 11 is 1.60. The Bertz CT molecular complexity index is 814. The quantitative estimate of drug-likeness (QED) is 0.336. The summed E-state index contributed by atoms with van der Waals surface area (Å²) in [5, 5.41) is 12.7. The molecule has 6 nitrogen and oxygen atoms in total. The lowest BCUT2D eigenvalue weighted by molar-refractivity contribution is 0.317. The van der Waals surface area contributed by atoms with Crippen molar-refractivity contribution in [2.75, 3.05) is 0 Å². The smallest absolute Gasteiger partial charge is 0.196 e. The zero-order chi connectivity index (χ0) is 15.0. The Labute approximate surface area is 125 Å². The standard InChI is InChI=1S/C14H15N5OS/c1-8-9(2)21-14(16-8)19-11-6-4-3-5-10(11)17-13(19)7-12(15)18-20/h3-6,20H,7H2,1-2H3,(H2,15,18). The third-order valence-electron chi connectivity index (χ3n) is 3.31. The molecule has 0 saturated carbocycles. The molecule has 0 amide bonds. The molecular weight excluding hydrogens is 286 g/mol. The molecule has 0 spiro atoms. The minimum absolute atomic E-state index is 0.122. The molecule has 3 rings (SSSR count). The fourth-order valence-electron chi connectivity index (χ4n) is 2.16. The fourth-order valence-corrected chi connectivity index (χ4v) is 3.10. The highest BCUT2D eigenvalue weighted by atomic mass is 32.1. The molecule has 0 aliphatic carbocycles. The third kappa shape index (κ3) is 2.36. The van der Waals surface area contributed by atoms with Crippen LogP contribution in [-0.4, -0.2) is 25.6 Å². The summed E-state index contributed by atoms with van der Waals surface area (Å²) in [5.41, 5.74) is 8.47. The van der Waals surface area contributed by atoms with Crippen LogP contribution in [-0.2, 0) is 6.42 Å². The molecule has 0 radical (unpaired) electrons. The minimum Gasteiger partial charge on any atom is -0.409 e. The number of oxime groups is 1. The fraction of sp³-hybridized carbons (Fsp3) is 0.214. The van der Waals surface area contributed by atoms with Crippen LogP contribution in [0.1, 0.15) is 16.4 Å². The van der Waals surface area contributed by atoms with Crippen molar-refractivity contribution in [3.63, 3.8) is 0 Å². The van der Waals surface area contributed by atoms with Crippen LogP contribution in [0.25, 0.3) is 16.2 Å². The topological polar surface area (TPSA) is 89.3 Å². The molecule has 108 valence electrons. The molecule has 21 heavy (non-hydrogen) atoms. The molecule has 0 fully saturated rings. The molecule has 7 heteroatoms. The number of rotatable bonds is 3. The van der Waals surface area contributed by atoms with Crippen LogP contribution < -0.4 is 5.73 Å². The maximum Gasteiger partial charge on any atom is 0.196 e. The number of thiazole rings is 1. The number of nitrogens with two attached hydrogens (primary N) is 1. The van der Waals surface area contributed by atoms with Gasteiger partial charge in [0, 0.05) is 4.88 Å². The summed E-state index contributed by atoms with van der Waals surface area (Å²) < 4.78 is 1.97. The van der Waals surface area contributed by atoms with Gasteiger partial charge in [-0.3, -0.25) is 4.57 Å². The van der Waals surface area contributed by atoms with Crippen molar-refractivity contribution in [2.24, 2.45) is 10.9 Å². The predicted octanol–water partition coefficient (Wildman–Crippen LogP) is 2.39. The highest BCUT2D eigenvalue weighted by Gasteiger charge is 2.16. The van der Waals surface area contributed by atoms with Crippen molar-refractivity contribution in [1.29, 1.82) is 0 Å². The molecule has 2 heterocycles. The van der Waals surface area contributed by atoms with Crippen LogP contribution >= 0.6 is 11.3 Å². The zero-order valence-electron chi connectivity index (χ0n) is 11.7. The molecular formula is C14H15N5OS. The number of nitrogens with zero attached hydrogens (tertiary/aromatic N) is 4. The number of para-hydroxylation sites is 2.